The normalized spacial score (nSPS) is 13.0. The van der Waals surface area contributed by atoms with Gasteiger partial charge >= 0.3 is 0 Å². The first-order chi connectivity index (χ1) is 9.15. The van der Waals surface area contributed by atoms with E-state index < -0.39 is 6.10 Å². The van der Waals surface area contributed by atoms with Crippen molar-refractivity contribution in [1.82, 2.24) is 0 Å². The zero-order valence-electron chi connectivity index (χ0n) is 10.4. The maximum Gasteiger partial charge on any atom is 0.134 e. The van der Waals surface area contributed by atoms with Crippen molar-refractivity contribution in [1.29, 1.82) is 0 Å². The van der Waals surface area contributed by atoms with Crippen LogP contribution in [0.5, 0.6) is 0 Å². The minimum Gasteiger partial charge on any atom is -0.461 e. The van der Waals surface area contributed by atoms with E-state index in [0.717, 1.165) is 31.5 Å². The number of aliphatic hydroxyl groups is 1. The summed E-state index contributed by atoms with van der Waals surface area (Å²) in [5.41, 5.74) is 1.69. The Bertz CT molecular complexity index is 714. The Morgan fingerprint density at radius 2 is 2.05 bits per heavy atom. The predicted octanol–water partition coefficient (Wildman–Crippen LogP) is 4.73. The smallest absolute Gasteiger partial charge is 0.134 e. The molecule has 1 aromatic carbocycles. The van der Waals surface area contributed by atoms with Crippen LogP contribution in [0.2, 0.25) is 4.34 Å². The van der Waals surface area contributed by atoms with E-state index in [1.165, 1.54) is 11.3 Å². The summed E-state index contributed by atoms with van der Waals surface area (Å²) in [6.45, 7) is 1.89. The Morgan fingerprint density at radius 3 is 2.79 bits per heavy atom. The van der Waals surface area contributed by atoms with Crippen molar-refractivity contribution >= 4 is 33.9 Å². The first kappa shape index (κ1) is 12.7. The van der Waals surface area contributed by atoms with Crippen molar-refractivity contribution in [2.75, 3.05) is 0 Å². The summed E-state index contributed by atoms with van der Waals surface area (Å²) >= 11 is 7.41. The molecule has 0 fully saturated rings. The molecule has 19 heavy (non-hydrogen) atoms. The molecule has 1 atom stereocenters. The van der Waals surface area contributed by atoms with E-state index in [2.05, 4.69) is 0 Å². The Kier molecular flexibility index (Phi) is 3.35. The quantitative estimate of drug-likeness (QED) is 0.757. The SMILES string of the molecule is Cc1oc2ccccc2c1C(O)Cc1ccc(Cl)s1. The number of fused-ring (bicyclic) bond motifs is 1. The molecule has 1 N–H and O–H groups in total. The first-order valence-corrected chi connectivity index (χ1v) is 7.25. The molecule has 2 aromatic heterocycles. The van der Waals surface area contributed by atoms with E-state index >= 15 is 0 Å². The van der Waals surface area contributed by atoms with Crippen LogP contribution in [0.4, 0.5) is 0 Å². The van der Waals surface area contributed by atoms with Gasteiger partial charge in [-0.1, -0.05) is 29.8 Å². The van der Waals surface area contributed by atoms with Gasteiger partial charge in [0.25, 0.3) is 0 Å². The molecule has 0 bridgehead atoms. The van der Waals surface area contributed by atoms with Gasteiger partial charge in [0.15, 0.2) is 0 Å². The van der Waals surface area contributed by atoms with Crippen molar-refractivity contribution < 1.29 is 9.52 Å². The predicted molar refractivity (Wildman–Crippen MR) is 78.9 cm³/mol. The summed E-state index contributed by atoms with van der Waals surface area (Å²) in [5.74, 6) is 0.774. The second-order valence-corrected chi connectivity index (χ2v) is 6.29. The van der Waals surface area contributed by atoms with Gasteiger partial charge in [-0.15, -0.1) is 11.3 Å². The van der Waals surface area contributed by atoms with Gasteiger partial charge in [-0.2, -0.15) is 0 Å². The molecule has 98 valence electrons. The second-order valence-electron chi connectivity index (χ2n) is 4.49. The lowest BCUT2D eigenvalue weighted by atomic mass is 10.0. The molecule has 0 saturated heterocycles. The number of aliphatic hydroxyl groups excluding tert-OH is 1. The summed E-state index contributed by atoms with van der Waals surface area (Å²) in [6, 6.07) is 11.6. The third-order valence-electron chi connectivity index (χ3n) is 3.18. The molecule has 3 rings (SSSR count). The molecular weight excluding hydrogens is 280 g/mol. The van der Waals surface area contributed by atoms with Crippen LogP contribution in [0.15, 0.2) is 40.8 Å². The summed E-state index contributed by atoms with van der Waals surface area (Å²) in [5, 5.41) is 11.4. The van der Waals surface area contributed by atoms with E-state index in [9.17, 15) is 5.11 Å². The Hall–Kier alpha value is -1.29. The molecular formula is C15H13ClO2S. The molecule has 1 unspecified atom stereocenters. The lowest BCUT2D eigenvalue weighted by molar-refractivity contribution is 0.178. The number of hydrogen-bond donors (Lipinski definition) is 1. The maximum absolute atomic E-state index is 10.5. The highest BCUT2D eigenvalue weighted by Gasteiger charge is 2.19. The third kappa shape index (κ3) is 2.41. The average Bonchev–Trinajstić information content (AvgIpc) is 2.91. The number of para-hydroxylation sites is 1. The molecule has 0 aliphatic carbocycles. The lowest BCUT2D eigenvalue weighted by Gasteiger charge is -2.09. The minimum atomic E-state index is -0.571. The van der Waals surface area contributed by atoms with E-state index in [0.29, 0.717) is 6.42 Å². The number of hydrogen-bond acceptors (Lipinski definition) is 3. The molecule has 0 aliphatic heterocycles. The van der Waals surface area contributed by atoms with Gasteiger partial charge < -0.3 is 9.52 Å². The van der Waals surface area contributed by atoms with Crippen molar-refractivity contribution in [3.8, 4) is 0 Å². The Labute approximate surface area is 120 Å². The number of furan rings is 1. The highest BCUT2D eigenvalue weighted by Crippen LogP contribution is 2.33. The van der Waals surface area contributed by atoms with Crippen LogP contribution in [0.1, 0.15) is 22.3 Å². The van der Waals surface area contributed by atoms with Crippen molar-refractivity contribution in [3.63, 3.8) is 0 Å². The Morgan fingerprint density at radius 1 is 1.26 bits per heavy atom. The maximum atomic E-state index is 10.5. The largest absolute Gasteiger partial charge is 0.461 e. The van der Waals surface area contributed by atoms with Gasteiger partial charge in [-0.25, -0.2) is 0 Å². The number of benzene rings is 1. The van der Waals surface area contributed by atoms with Crippen molar-refractivity contribution in [3.05, 3.63) is 56.9 Å². The van der Waals surface area contributed by atoms with Gasteiger partial charge in [0.1, 0.15) is 11.3 Å². The monoisotopic (exact) mass is 292 g/mol. The second kappa shape index (κ2) is 5.00. The fraction of sp³-hybridized carbons (Fsp3) is 0.200. The van der Waals surface area contributed by atoms with Crippen LogP contribution in [-0.4, -0.2) is 5.11 Å². The number of aryl methyl sites for hydroxylation is 1. The Balaban J connectivity index is 1.97. The summed E-state index contributed by atoms with van der Waals surface area (Å²) < 4.78 is 6.43. The molecule has 0 spiro atoms. The zero-order valence-corrected chi connectivity index (χ0v) is 12.0. The average molecular weight is 293 g/mol. The molecule has 3 aromatic rings. The van der Waals surface area contributed by atoms with Crippen LogP contribution in [0.25, 0.3) is 11.0 Å². The zero-order chi connectivity index (χ0) is 13.4. The van der Waals surface area contributed by atoms with Crippen LogP contribution in [0.3, 0.4) is 0 Å². The van der Waals surface area contributed by atoms with E-state index in [1.807, 2.05) is 43.3 Å². The molecule has 0 radical (unpaired) electrons. The van der Waals surface area contributed by atoms with Crippen molar-refractivity contribution in [2.45, 2.75) is 19.4 Å². The van der Waals surface area contributed by atoms with Gasteiger partial charge in [0.2, 0.25) is 0 Å². The fourth-order valence-corrected chi connectivity index (χ4v) is 3.48. The number of rotatable bonds is 3. The minimum absolute atomic E-state index is 0.557. The lowest BCUT2D eigenvalue weighted by Crippen LogP contribution is -2.01. The molecule has 0 amide bonds. The summed E-state index contributed by atoms with van der Waals surface area (Å²) in [7, 11) is 0. The molecule has 2 nitrogen and oxygen atoms in total. The molecule has 4 heteroatoms. The highest BCUT2D eigenvalue weighted by atomic mass is 35.5. The number of thiophene rings is 1. The number of halogens is 1. The molecule has 0 aliphatic rings. The van der Waals surface area contributed by atoms with Gasteiger partial charge in [-0.3, -0.25) is 0 Å². The van der Waals surface area contributed by atoms with Gasteiger partial charge in [-0.05, 0) is 25.1 Å². The van der Waals surface area contributed by atoms with E-state index in [4.69, 9.17) is 16.0 Å². The third-order valence-corrected chi connectivity index (χ3v) is 4.43. The summed E-state index contributed by atoms with van der Waals surface area (Å²) in [6.07, 6.45) is -0.0137. The molecule has 2 heterocycles. The molecule has 0 saturated carbocycles. The summed E-state index contributed by atoms with van der Waals surface area (Å²) in [4.78, 5) is 1.07. The van der Waals surface area contributed by atoms with Crippen molar-refractivity contribution in [2.24, 2.45) is 0 Å². The van der Waals surface area contributed by atoms with Gasteiger partial charge in [0.05, 0.1) is 10.4 Å². The van der Waals surface area contributed by atoms with E-state index in [1.54, 1.807) is 0 Å². The van der Waals surface area contributed by atoms with Crippen LogP contribution in [-0.2, 0) is 6.42 Å². The topological polar surface area (TPSA) is 33.4 Å². The van der Waals surface area contributed by atoms with Crippen LogP contribution >= 0.6 is 22.9 Å². The van der Waals surface area contributed by atoms with Gasteiger partial charge in [0, 0.05) is 22.2 Å². The fourth-order valence-electron chi connectivity index (χ4n) is 2.36. The first-order valence-electron chi connectivity index (χ1n) is 6.05. The van der Waals surface area contributed by atoms with Crippen LogP contribution in [0, 0.1) is 6.92 Å². The highest BCUT2D eigenvalue weighted by molar-refractivity contribution is 7.16. The van der Waals surface area contributed by atoms with E-state index in [-0.39, 0.29) is 0 Å². The standard InChI is InChI=1S/C15H13ClO2S/c1-9-15(11-4-2-3-5-13(11)18-9)12(17)8-10-6-7-14(16)19-10/h2-7,12,17H,8H2,1H3. The van der Waals surface area contributed by atoms with Crippen LogP contribution < -0.4 is 0 Å².